The fourth-order valence-corrected chi connectivity index (χ4v) is 2.94. The normalized spacial score (nSPS) is 23.3. The molecule has 5 heteroatoms. The number of allylic oxidation sites excluding steroid dienone is 1. The van der Waals surface area contributed by atoms with E-state index in [4.69, 9.17) is 14.6 Å². The first kappa shape index (κ1) is 17.0. The summed E-state index contributed by atoms with van der Waals surface area (Å²) in [4.78, 5) is 12.5. The number of benzene rings is 1. The van der Waals surface area contributed by atoms with Crippen molar-refractivity contribution in [1.82, 2.24) is 0 Å². The van der Waals surface area contributed by atoms with E-state index >= 15 is 0 Å². The van der Waals surface area contributed by atoms with Gasteiger partial charge in [-0.3, -0.25) is 4.79 Å². The van der Waals surface area contributed by atoms with Crippen molar-refractivity contribution in [1.29, 1.82) is 0 Å². The van der Waals surface area contributed by atoms with E-state index in [9.17, 15) is 4.79 Å². The maximum atomic E-state index is 12.5. The first-order chi connectivity index (χ1) is 11.8. The predicted molar refractivity (Wildman–Crippen MR) is 91.1 cm³/mol. The Balaban J connectivity index is 1.60. The molecule has 0 radical (unpaired) electrons. The van der Waals surface area contributed by atoms with Crippen molar-refractivity contribution in [3.63, 3.8) is 0 Å². The molecule has 0 bridgehead atoms. The minimum Gasteiger partial charge on any atom is -0.459 e. The predicted octanol–water partition coefficient (Wildman–Crippen LogP) is 3.07. The number of carbonyl (C=O) groups is 1. The lowest BCUT2D eigenvalue weighted by Crippen LogP contribution is -2.30. The molecule has 1 amide bonds. The van der Waals surface area contributed by atoms with Crippen LogP contribution in [0.25, 0.3) is 0 Å². The minimum absolute atomic E-state index is 0.171. The van der Waals surface area contributed by atoms with E-state index in [1.54, 1.807) is 0 Å². The first-order valence-corrected chi connectivity index (χ1v) is 8.73. The molecule has 0 unspecified atom stereocenters. The van der Waals surface area contributed by atoms with E-state index in [0.717, 1.165) is 24.9 Å². The molecule has 1 heterocycles. The lowest BCUT2D eigenvalue weighted by Gasteiger charge is -2.29. The van der Waals surface area contributed by atoms with Gasteiger partial charge in [0.25, 0.3) is 5.91 Å². The lowest BCUT2D eigenvalue weighted by molar-refractivity contribution is -0.147. The highest BCUT2D eigenvalue weighted by Crippen LogP contribution is 2.42. The van der Waals surface area contributed by atoms with Crippen LogP contribution in [0, 0.1) is 11.8 Å². The fourth-order valence-electron chi connectivity index (χ4n) is 2.94. The van der Waals surface area contributed by atoms with Crippen molar-refractivity contribution in [2.75, 3.05) is 18.5 Å². The highest BCUT2D eigenvalue weighted by atomic mass is 16.7. The number of amides is 1. The Morgan fingerprint density at radius 1 is 1.25 bits per heavy atom. The largest absolute Gasteiger partial charge is 0.459 e. The number of aliphatic hydroxyl groups excluding tert-OH is 1. The Morgan fingerprint density at radius 3 is 2.75 bits per heavy atom. The molecule has 1 saturated carbocycles. The summed E-state index contributed by atoms with van der Waals surface area (Å²) in [5.41, 5.74) is 0.751. The molecule has 0 spiro atoms. The summed E-state index contributed by atoms with van der Waals surface area (Å²) in [6, 6.07) is 9.37. The van der Waals surface area contributed by atoms with E-state index in [0.29, 0.717) is 24.2 Å². The van der Waals surface area contributed by atoms with Gasteiger partial charge in [0.05, 0.1) is 6.61 Å². The van der Waals surface area contributed by atoms with E-state index in [2.05, 4.69) is 5.32 Å². The van der Waals surface area contributed by atoms with E-state index in [-0.39, 0.29) is 18.8 Å². The summed E-state index contributed by atoms with van der Waals surface area (Å²) in [7, 11) is 0. The number of hydrogen-bond acceptors (Lipinski definition) is 4. The molecule has 2 aliphatic rings. The zero-order valence-corrected chi connectivity index (χ0v) is 13.8. The van der Waals surface area contributed by atoms with Gasteiger partial charge in [-0.25, -0.2) is 0 Å². The molecular formula is C19H25NO4. The molecule has 1 aromatic carbocycles. The topological polar surface area (TPSA) is 67.8 Å². The minimum atomic E-state index is -0.379. The number of aliphatic hydroxyl groups is 1. The lowest BCUT2D eigenvalue weighted by atomic mass is 9.96. The molecule has 1 aromatic rings. The number of hydrogen-bond donors (Lipinski definition) is 2. The molecule has 1 aliphatic carbocycles. The van der Waals surface area contributed by atoms with Gasteiger partial charge in [-0.2, -0.15) is 0 Å². The highest BCUT2D eigenvalue weighted by Gasteiger charge is 2.37. The number of unbranched alkanes of at least 4 members (excludes halogenated alkanes) is 1. The van der Waals surface area contributed by atoms with Gasteiger partial charge in [-0.15, -0.1) is 0 Å². The van der Waals surface area contributed by atoms with Crippen LogP contribution in [-0.2, 0) is 14.3 Å². The quantitative estimate of drug-likeness (QED) is 0.719. The van der Waals surface area contributed by atoms with Gasteiger partial charge in [0.1, 0.15) is 0 Å². The Bertz CT molecular complexity index is 568. The molecule has 5 nitrogen and oxygen atoms in total. The van der Waals surface area contributed by atoms with Gasteiger partial charge >= 0.3 is 0 Å². The van der Waals surface area contributed by atoms with Crippen LogP contribution in [0.1, 0.15) is 32.1 Å². The monoisotopic (exact) mass is 331 g/mol. The van der Waals surface area contributed by atoms with Gasteiger partial charge in [-0.1, -0.05) is 18.2 Å². The van der Waals surface area contributed by atoms with Crippen molar-refractivity contribution in [3.8, 4) is 0 Å². The van der Waals surface area contributed by atoms with Crippen LogP contribution in [-0.4, -0.2) is 30.5 Å². The van der Waals surface area contributed by atoms with Crippen LogP contribution >= 0.6 is 0 Å². The zero-order valence-electron chi connectivity index (χ0n) is 13.8. The molecule has 2 N–H and O–H groups in total. The van der Waals surface area contributed by atoms with Gasteiger partial charge < -0.3 is 19.9 Å². The van der Waals surface area contributed by atoms with Crippen molar-refractivity contribution < 1.29 is 19.4 Å². The van der Waals surface area contributed by atoms with E-state index in [1.165, 1.54) is 12.8 Å². The summed E-state index contributed by atoms with van der Waals surface area (Å²) in [6.45, 7) is 0.709. The number of carbonyl (C=O) groups excluding carboxylic acids is 1. The molecular weight excluding hydrogens is 306 g/mol. The van der Waals surface area contributed by atoms with E-state index in [1.807, 2.05) is 36.4 Å². The second-order valence-electron chi connectivity index (χ2n) is 6.44. The number of rotatable bonds is 8. The molecule has 0 aromatic heterocycles. The molecule has 130 valence electrons. The second kappa shape index (κ2) is 8.31. The number of para-hydroxylation sites is 1. The molecule has 1 fully saturated rings. The Labute approximate surface area is 142 Å². The average molecular weight is 331 g/mol. The maximum absolute atomic E-state index is 12.5. The van der Waals surface area contributed by atoms with Crippen molar-refractivity contribution >= 4 is 11.6 Å². The van der Waals surface area contributed by atoms with Crippen LogP contribution in [0.4, 0.5) is 5.69 Å². The molecule has 0 saturated heterocycles. The van der Waals surface area contributed by atoms with Gasteiger partial charge in [0, 0.05) is 18.7 Å². The van der Waals surface area contributed by atoms with Crippen molar-refractivity contribution in [2.24, 2.45) is 11.8 Å². The van der Waals surface area contributed by atoms with Crippen molar-refractivity contribution in [2.45, 2.75) is 38.4 Å². The number of nitrogens with one attached hydrogen (secondary N) is 1. The van der Waals surface area contributed by atoms with Crippen LogP contribution in [0.3, 0.4) is 0 Å². The third-order valence-corrected chi connectivity index (χ3v) is 4.43. The van der Waals surface area contributed by atoms with Crippen molar-refractivity contribution in [3.05, 3.63) is 42.2 Å². The highest BCUT2D eigenvalue weighted by molar-refractivity contribution is 6.02. The Hall–Kier alpha value is -1.85. The number of ether oxygens (including phenoxy) is 2. The van der Waals surface area contributed by atoms with Gasteiger partial charge in [0.15, 0.2) is 5.76 Å². The molecule has 1 aliphatic heterocycles. The maximum Gasteiger partial charge on any atom is 0.290 e. The summed E-state index contributed by atoms with van der Waals surface area (Å²) < 4.78 is 11.5. The van der Waals surface area contributed by atoms with Crippen LogP contribution in [0.15, 0.2) is 42.2 Å². The Morgan fingerprint density at radius 2 is 2.04 bits per heavy atom. The fraction of sp³-hybridized carbons (Fsp3) is 0.526. The SMILES string of the molecule is O=C(Nc1ccccc1)C1=C[C@@H](C2CC2)C[C@@H](OCCCCO)O1. The third kappa shape index (κ3) is 4.82. The summed E-state index contributed by atoms with van der Waals surface area (Å²) in [5, 5.41) is 11.7. The molecule has 24 heavy (non-hydrogen) atoms. The number of anilines is 1. The molecule has 2 atom stereocenters. The summed E-state index contributed by atoms with van der Waals surface area (Å²) >= 11 is 0. The standard InChI is InChI=1S/C19H25NO4/c21-10-4-5-11-23-18-13-15(14-8-9-14)12-17(24-18)19(22)20-16-6-2-1-3-7-16/h1-3,6-7,12,14-15,18,21H,4-5,8-11,13H2,(H,20,22)/t15-,18+/m1/s1. The smallest absolute Gasteiger partial charge is 0.290 e. The zero-order chi connectivity index (χ0) is 16.8. The first-order valence-electron chi connectivity index (χ1n) is 8.73. The molecule has 3 rings (SSSR count). The van der Waals surface area contributed by atoms with Gasteiger partial charge in [-0.05, 0) is 55.7 Å². The summed E-state index contributed by atoms with van der Waals surface area (Å²) in [5.74, 6) is 1.12. The average Bonchev–Trinajstić information content (AvgIpc) is 3.44. The summed E-state index contributed by atoms with van der Waals surface area (Å²) in [6.07, 6.45) is 6.32. The van der Waals surface area contributed by atoms with Crippen LogP contribution < -0.4 is 5.32 Å². The second-order valence-corrected chi connectivity index (χ2v) is 6.44. The van der Waals surface area contributed by atoms with E-state index < -0.39 is 0 Å². The Kier molecular flexibility index (Phi) is 5.88. The van der Waals surface area contributed by atoms with Gasteiger partial charge in [0.2, 0.25) is 6.29 Å². The van der Waals surface area contributed by atoms with Crippen LogP contribution in [0.2, 0.25) is 0 Å². The third-order valence-electron chi connectivity index (χ3n) is 4.43. The van der Waals surface area contributed by atoms with Crippen LogP contribution in [0.5, 0.6) is 0 Å².